The first-order valence-electron chi connectivity index (χ1n) is 6.98. The Hall–Kier alpha value is -2.29. The van der Waals surface area contributed by atoms with Crippen molar-refractivity contribution in [2.75, 3.05) is 5.32 Å². The molecule has 3 rings (SSSR count). The summed E-state index contributed by atoms with van der Waals surface area (Å²) in [5, 5.41) is 6.04. The van der Waals surface area contributed by atoms with Gasteiger partial charge in [-0.2, -0.15) is 0 Å². The Morgan fingerprint density at radius 3 is 2.75 bits per heavy atom. The van der Waals surface area contributed by atoms with Gasteiger partial charge in [0, 0.05) is 23.3 Å². The average molecular weight is 265 g/mol. The lowest BCUT2D eigenvalue weighted by Gasteiger charge is -2.14. The summed E-state index contributed by atoms with van der Waals surface area (Å²) in [5.74, 6) is 0. The molecule has 20 heavy (non-hydrogen) atoms. The van der Waals surface area contributed by atoms with Gasteiger partial charge in [-0.1, -0.05) is 36.4 Å². The maximum atomic E-state index is 4.24. The highest BCUT2D eigenvalue weighted by atomic mass is 15.1. The Labute approximate surface area is 119 Å². The lowest BCUT2D eigenvalue weighted by molar-refractivity contribution is 0.577. The predicted molar refractivity (Wildman–Crippen MR) is 83.9 cm³/mol. The summed E-state index contributed by atoms with van der Waals surface area (Å²) in [5.41, 5.74) is 2.37. The molecule has 0 saturated carbocycles. The molecule has 0 spiro atoms. The number of hydrogen-bond acceptors (Lipinski definition) is 2. The molecule has 1 aromatic heterocycles. The fraction of sp³-hybridized carbons (Fsp3) is 0.235. The first kappa shape index (κ1) is 12.7. The van der Waals surface area contributed by atoms with Gasteiger partial charge in [0.1, 0.15) is 0 Å². The van der Waals surface area contributed by atoms with Crippen LogP contribution in [0.3, 0.4) is 0 Å². The van der Waals surface area contributed by atoms with Gasteiger partial charge < -0.3 is 9.88 Å². The molecule has 0 aliphatic rings. The molecular weight excluding hydrogens is 246 g/mol. The van der Waals surface area contributed by atoms with E-state index in [1.54, 1.807) is 0 Å². The van der Waals surface area contributed by atoms with E-state index in [1.807, 2.05) is 12.5 Å². The number of nitrogens with zero attached hydrogens (tertiary/aromatic N) is 2. The smallest absolute Gasteiger partial charge is 0.0951 e. The molecule has 0 aliphatic heterocycles. The van der Waals surface area contributed by atoms with Crippen molar-refractivity contribution in [2.45, 2.75) is 26.4 Å². The topological polar surface area (TPSA) is 29.9 Å². The number of rotatable bonds is 4. The van der Waals surface area contributed by atoms with Gasteiger partial charge in [-0.3, -0.25) is 0 Å². The molecule has 3 heteroatoms. The highest BCUT2D eigenvalue weighted by Crippen LogP contribution is 2.23. The molecule has 3 aromatic rings. The minimum Gasteiger partial charge on any atom is -0.379 e. The van der Waals surface area contributed by atoms with E-state index in [-0.39, 0.29) is 0 Å². The molecule has 1 N–H and O–H groups in total. The van der Waals surface area contributed by atoms with Crippen molar-refractivity contribution in [1.82, 2.24) is 9.55 Å². The maximum absolute atomic E-state index is 4.24. The van der Waals surface area contributed by atoms with Crippen molar-refractivity contribution >= 4 is 16.5 Å². The largest absolute Gasteiger partial charge is 0.379 e. The third-order valence-corrected chi connectivity index (χ3v) is 3.55. The number of aromatic nitrogens is 2. The standard InChI is InChI=1S/C17H19N3/c1-13(2)20-12-18-10-15(20)11-19-17-9-5-7-14-6-3-4-8-16(14)17/h3-10,12-13,19H,11H2,1-2H3. The van der Waals surface area contributed by atoms with Crippen LogP contribution in [0, 0.1) is 0 Å². The summed E-state index contributed by atoms with van der Waals surface area (Å²) in [6, 6.07) is 15.2. The fourth-order valence-electron chi connectivity index (χ4n) is 2.50. The summed E-state index contributed by atoms with van der Waals surface area (Å²) in [6.45, 7) is 5.12. The lowest BCUT2D eigenvalue weighted by atomic mass is 10.1. The number of fused-ring (bicyclic) bond motifs is 1. The van der Waals surface area contributed by atoms with Gasteiger partial charge in [0.05, 0.1) is 18.6 Å². The highest BCUT2D eigenvalue weighted by Gasteiger charge is 2.06. The Morgan fingerprint density at radius 2 is 1.90 bits per heavy atom. The van der Waals surface area contributed by atoms with Crippen LogP contribution in [0.1, 0.15) is 25.6 Å². The zero-order valence-electron chi connectivity index (χ0n) is 11.9. The van der Waals surface area contributed by atoms with E-state index >= 15 is 0 Å². The van der Waals surface area contributed by atoms with Crippen LogP contribution in [0.25, 0.3) is 10.8 Å². The maximum Gasteiger partial charge on any atom is 0.0951 e. The second-order valence-electron chi connectivity index (χ2n) is 5.27. The summed E-state index contributed by atoms with van der Waals surface area (Å²) < 4.78 is 2.19. The molecule has 0 aliphatic carbocycles. The molecule has 0 bridgehead atoms. The fourth-order valence-corrected chi connectivity index (χ4v) is 2.50. The zero-order chi connectivity index (χ0) is 13.9. The number of anilines is 1. The number of hydrogen-bond donors (Lipinski definition) is 1. The van der Waals surface area contributed by atoms with E-state index in [9.17, 15) is 0 Å². The van der Waals surface area contributed by atoms with Crippen LogP contribution < -0.4 is 5.32 Å². The lowest BCUT2D eigenvalue weighted by Crippen LogP contribution is -2.08. The third-order valence-electron chi connectivity index (χ3n) is 3.55. The number of nitrogens with one attached hydrogen (secondary N) is 1. The Kier molecular flexibility index (Phi) is 3.42. The van der Waals surface area contributed by atoms with E-state index < -0.39 is 0 Å². The van der Waals surface area contributed by atoms with Crippen LogP contribution in [-0.2, 0) is 6.54 Å². The molecule has 0 fully saturated rings. The first-order valence-corrected chi connectivity index (χ1v) is 6.98. The van der Waals surface area contributed by atoms with Crippen LogP contribution in [0.2, 0.25) is 0 Å². The number of benzene rings is 2. The molecule has 0 unspecified atom stereocenters. The molecule has 3 nitrogen and oxygen atoms in total. The monoisotopic (exact) mass is 265 g/mol. The molecule has 1 heterocycles. The zero-order valence-corrected chi connectivity index (χ0v) is 11.9. The second kappa shape index (κ2) is 5.37. The van der Waals surface area contributed by atoms with E-state index in [1.165, 1.54) is 22.2 Å². The quantitative estimate of drug-likeness (QED) is 0.765. The van der Waals surface area contributed by atoms with E-state index in [4.69, 9.17) is 0 Å². The Bertz CT molecular complexity index is 708. The van der Waals surface area contributed by atoms with Crippen molar-refractivity contribution in [1.29, 1.82) is 0 Å². The third kappa shape index (κ3) is 2.39. The summed E-state index contributed by atoms with van der Waals surface area (Å²) in [7, 11) is 0. The van der Waals surface area contributed by atoms with Crippen molar-refractivity contribution in [3.05, 3.63) is 60.7 Å². The summed E-state index contributed by atoms with van der Waals surface area (Å²) in [4.78, 5) is 4.24. The molecule has 102 valence electrons. The average Bonchev–Trinajstić information content (AvgIpc) is 2.93. The summed E-state index contributed by atoms with van der Waals surface area (Å²) in [6.07, 6.45) is 3.82. The van der Waals surface area contributed by atoms with Crippen LogP contribution in [0.5, 0.6) is 0 Å². The van der Waals surface area contributed by atoms with Crippen molar-refractivity contribution in [2.24, 2.45) is 0 Å². The minimum atomic E-state index is 0.432. The second-order valence-corrected chi connectivity index (χ2v) is 5.27. The van der Waals surface area contributed by atoms with Crippen molar-refractivity contribution < 1.29 is 0 Å². The van der Waals surface area contributed by atoms with Crippen LogP contribution in [0.15, 0.2) is 55.0 Å². The van der Waals surface area contributed by atoms with Gasteiger partial charge in [-0.25, -0.2) is 4.98 Å². The van der Waals surface area contributed by atoms with Gasteiger partial charge in [0.25, 0.3) is 0 Å². The molecule has 0 saturated heterocycles. The SMILES string of the molecule is CC(C)n1cncc1CNc1cccc2ccccc12. The normalized spacial score (nSPS) is 11.2. The Balaban J connectivity index is 1.85. The van der Waals surface area contributed by atoms with Crippen molar-refractivity contribution in [3.63, 3.8) is 0 Å². The van der Waals surface area contributed by atoms with Crippen LogP contribution >= 0.6 is 0 Å². The molecule has 0 amide bonds. The first-order chi connectivity index (χ1) is 9.75. The van der Waals surface area contributed by atoms with E-state index in [0.29, 0.717) is 6.04 Å². The van der Waals surface area contributed by atoms with E-state index in [0.717, 1.165) is 6.54 Å². The summed E-state index contributed by atoms with van der Waals surface area (Å²) >= 11 is 0. The predicted octanol–water partition coefficient (Wildman–Crippen LogP) is 4.23. The van der Waals surface area contributed by atoms with Gasteiger partial charge in [-0.05, 0) is 25.3 Å². The van der Waals surface area contributed by atoms with Crippen LogP contribution in [0.4, 0.5) is 5.69 Å². The molecule has 0 radical (unpaired) electrons. The highest BCUT2D eigenvalue weighted by molar-refractivity contribution is 5.93. The molecule has 0 atom stereocenters. The van der Waals surface area contributed by atoms with Gasteiger partial charge in [0.15, 0.2) is 0 Å². The molecule has 2 aromatic carbocycles. The van der Waals surface area contributed by atoms with Crippen molar-refractivity contribution in [3.8, 4) is 0 Å². The molecular formula is C17H19N3. The van der Waals surface area contributed by atoms with Gasteiger partial charge in [0.2, 0.25) is 0 Å². The Morgan fingerprint density at radius 1 is 1.10 bits per heavy atom. The van der Waals surface area contributed by atoms with Gasteiger partial charge in [-0.15, -0.1) is 0 Å². The minimum absolute atomic E-state index is 0.432. The number of imidazole rings is 1. The van der Waals surface area contributed by atoms with E-state index in [2.05, 4.69) is 71.2 Å². The van der Waals surface area contributed by atoms with Crippen LogP contribution in [-0.4, -0.2) is 9.55 Å². The van der Waals surface area contributed by atoms with Gasteiger partial charge >= 0.3 is 0 Å².